The van der Waals surface area contributed by atoms with Gasteiger partial charge in [-0.2, -0.15) is 0 Å². The van der Waals surface area contributed by atoms with Crippen molar-refractivity contribution in [3.8, 4) is 0 Å². The van der Waals surface area contributed by atoms with Crippen molar-refractivity contribution in [3.63, 3.8) is 0 Å². The minimum Gasteiger partial charge on any atom is -0.481 e. The summed E-state index contributed by atoms with van der Waals surface area (Å²) < 4.78 is 0. The second kappa shape index (κ2) is 5.37. The molecule has 0 radical (unpaired) electrons. The molecule has 5 nitrogen and oxygen atoms in total. The van der Waals surface area contributed by atoms with Crippen molar-refractivity contribution in [2.24, 2.45) is 0 Å². The number of aliphatic carboxylic acids is 1. The lowest BCUT2D eigenvalue weighted by molar-refractivity contribution is -0.136. The van der Waals surface area contributed by atoms with Crippen molar-refractivity contribution in [2.45, 2.75) is 6.42 Å². The van der Waals surface area contributed by atoms with Crippen molar-refractivity contribution in [3.05, 3.63) is 28.8 Å². The molecule has 6 heteroatoms. The van der Waals surface area contributed by atoms with Crippen LogP contribution in [0.2, 0.25) is 5.02 Å². The molecule has 1 rings (SSSR count). The SMILES string of the molecule is Nc1cc(C(=O)NCCC(=O)O)ccc1Cl. The number of carboxylic acids is 1. The van der Waals surface area contributed by atoms with Crippen molar-refractivity contribution in [2.75, 3.05) is 12.3 Å². The Balaban J connectivity index is 2.59. The van der Waals surface area contributed by atoms with Crippen molar-refractivity contribution < 1.29 is 14.7 Å². The van der Waals surface area contributed by atoms with E-state index in [2.05, 4.69) is 5.32 Å². The fourth-order valence-corrected chi connectivity index (χ4v) is 1.19. The van der Waals surface area contributed by atoms with Crippen LogP contribution in [-0.4, -0.2) is 23.5 Å². The summed E-state index contributed by atoms with van der Waals surface area (Å²) in [5, 5.41) is 11.2. The van der Waals surface area contributed by atoms with Gasteiger partial charge in [0.1, 0.15) is 0 Å². The lowest BCUT2D eigenvalue weighted by Gasteiger charge is -2.05. The van der Waals surface area contributed by atoms with Crippen LogP contribution in [0.15, 0.2) is 18.2 Å². The largest absolute Gasteiger partial charge is 0.481 e. The third-order valence-electron chi connectivity index (χ3n) is 1.88. The normalized spacial score (nSPS) is 9.81. The molecule has 0 aliphatic rings. The molecule has 0 saturated heterocycles. The minimum atomic E-state index is -0.962. The van der Waals surface area contributed by atoms with Gasteiger partial charge >= 0.3 is 5.97 Å². The molecule has 0 aliphatic carbocycles. The molecular formula is C10H11ClN2O3. The fourth-order valence-electron chi connectivity index (χ4n) is 1.07. The monoisotopic (exact) mass is 242 g/mol. The highest BCUT2D eigenvalue weighted by Gasteiger charge is 2.07. The number of amides is 1. The van der Waals surface area contributed by atoms with Crippen molar-refractivity contribution in [1.82, 2.24) is 5.32 Å². The molecule has 1 aromatic rings. The van der Waals surface area contributed by atoms with Crippen LogP contribution in [0.1, 0.15) is 16.8 Å². The fraction of sp³-hybridized carbons (Fsp3) is 0.200. The third-order valence-corrected chi connectivity index (χ3v) is 2.23. The molecule has 0 aliphatic heterocycles. The van der Waals surface area contributed by atoms with Gasteiger partial charge in [0, 0.05) is 12.1 Å². The summed E-state index contributed by atoms with van der Waals surface area (Å²) in [6, 6.07) is 4.48. The lowest BCUT2D eigenvalue weighted by atomic mass is 10.2. The molecule has 1 aromatic carbocycles. The number of carboxylic acid groups (broad SMARTS) is 1. The van der Waals surface area contributed by atoms with E-state index in [1.807, 2.05) is 0 Å². The van der Waals surface area contributed by atoms with Crippen LogP contribution in [0.3, 0.4) is 0 Å². The molecule has 0 spiro atoms. The number of carbonyl (C=O) groups excluding carboxylic acids is 1. The summed E-state index contributed by atoms with van der Waals surface area (Å²) in [6.45, 7) is 0.0801. The van der Waals surface area contributed by atoms with Crippen LogP contribution in [0.4, 0.5) is 5.69 Å². The lowest BCUT2D eigenvalue weighted by Crippen LogP contribution is -2.26. The summed E-state index contributed by atoms with van der Waals surface area (Å²) in [4.78, 5) is 21.7. The van der Waals surface area contributed by atoms with Gasteiger partial charge in [-0.25, -0.2) is 0 Å². The Morgan fingerprint density at radius 1 is 1.44 bits per heavy atom. The summed E-state index contributed by atoms with van der Waals surface area (Å²) >= 11 is 5.70. The molecule has 1 amide bonds. The molecule has 0 heterocycles. The van der Waals surface area contributed by atoms with Crippen molar-refractivity contribution >= 4 is 29.2 Å². The van der Waals surface area contributed by atoms with Gasteiger partial charge in [-0.05, 0) is 18.2 Å². The summed E-state index contributed by atoms with van der Waals surface area (Å²) in [5.74, 6) is -1.33. The summed E-state index contributed by atoms with van der Waals surface area (Å²) in [6.07, 6.45) is -0.116. The average Bonchev–Trinajstić information content (AvgIpc) is 2.21. The highest BCUT2D eigenvalue weighted by Crippen LogP contribution is 2.19. The molecular weight excluding hydrogens is 232 g/mol. The van der Waals surface area contributed by atoms with E-state index < -0.39 is 5.97 Å². The third kappa shape index (κ3) is 3.43. The Bertz CT molecular complexity index is 421. The highest BCUT2D eigenvalue weighted by atomic mass is 35.5. The second-order valence-electron chi connectivity index (χ2n) is 3.14. The standard InChI is InChI=1S/C10H11ClN2O3/c11-7-2-1-6(5-8(7)12)10(16)13-4-3-9(14)15/h1-2,5H,3-4,12H2,(H,13,16)(H,14,15). The molecule has 0 atom stereocenters. The topological polar surface area (TPSA) is 92.4 Å². The van der Waals surface area contributed by atoms with Gasteiger partial charge in [-0.15, -0.1) is 0 Å². The second-order valence-corrected chi connectivity index (χ2v) is 3.54. The molecule has 0 saturated carbocycles. The van der Waals surface area contributed by atoms with Crippen molar-refractivity contribution in [1.29, 1.82) is 0 Å². The molecule has 0 bridgehead atoms. The van der Waals surface area contributed by atoms with Crippen LogP contribution in [0, 0.1) is 0 Å². The molecule has 4 N–H and O–H groups in total. The molecule has 0 aromatic heterocycles. The molecule has 86 valence electrons. The Hall–Kier alpha value is -1.75. The Labute approximate surface area is 97.2 Å². The average molecular weight is 243 g/mol. The van der Waals surface area contributed by atoms with E-state index in [1.54, 1.807) is 0 Å². The van der Waals surface area contributed by atoms with Gasteiger partial charge in [0.25, 0.3) is 5.91 Å². The van der Waals surface area contributed by atoms with Crippen LogP contribution in [0.5, 0.6) is 0 Å². The highest BCUT2D eigenvalue weighted by molar-refractivity contribution is 6.33. The van der Waals surface area contributed by atoms with Gasteiger partial charge in [0.15, 0.2) is 0 Å². The predicted octanol–water partition coefficient (Wildman–Crippen LogP) is 1.13. The first-order valence-electron chi connectivity index (χ1n) is 4.55. The van der Waals surface area contributed by atoms with Gasteiger partial charge in [-0.3, -0.25) is 9.59 Å². The quantitative estimate of drug-likeness (QED) is 0.690. The van der Waals surface area contributed by atoms with Gasteiger partial charge in [0.2, 0.25) is 0 Å². The number of nitrogen functional groups attached to an aromatic ring is 1. The maximum absolute atomic E-state index is 11.5. The van der Waals surface area contributed by atoms with Gasteiger partial charge < -0.3 is 16.2 Å². The Morgan fingerprint density at radius 2 is 2.12 bits per heavy atom. The number of hydrogen-bond donors (Lipinski definition) is 3. The number of nitrogens with two attached hydrogens (primary N) is 1. The van der Waals surface area contributed by atoms with Gasteiger partial charge in [-0.1, -0.05) is 11.6 Å². The zero-order valence-corrected chi connectivity index (χ0v) is 9.12. The maximum atomic E-state index is 11.5. The van der Waals surface area contributed by atoms with E-state index in [9.17, 15) is 9.59 Å². The van der Waals surface area contributed by atoms with E-state index >= 15 is 0 Å². The first-order valence-corrected chi connectivity index (χ1v) is 4.93. The van der Waals surface area contributed by atoms with Crippen LogP contribution >= 0.6 is 11.6 Å². The van der Waals surface area contributed by atoms with E-state index in [1.165, 1.54) is 18.2 Å². The Morgan fingerprint density at radius 3 is 2.69 bits per heavy atom. The number of hydrogen-bond acceptors (Lipinski definition) is 3. The van der Waals surface area contributed by atoms with Crippen LogP contribution in [-0.2, 0) is 4.79 Å². The first-order chi connectivity index (χ1) is 7.50. The zero-order valence-electron chi connectivity index (χ0n) is 8.37. The number of halogens is 1. The molecule has 16 heavy (non-hydrogen) atoms. The maximum Gasteiger partial charge on any atom is 0.305 e. The number of benzene rings is 1. The Kier molecular flexibility index (Phi) is 4.13. The zero-order chi connectivity index (χ0) is 12.1. The van der Waals surface area contributed by atoms with Gasteiger partial charge in [0.05, 0.1) is 17.1 Å². The van der Waals surface area contributed by atoms with E-state index in [0.717, 1.165) is 0 Å². The van der Waals surface area contributed by atoms with Crippen LogP contribution in [0.25, 0.3) is 0 Å². The number of rotatable bonds is 4. The van der Waals surface area contributed by atoms with E-state index in [0.29, 0.717) is 16.3 Å². The first kappa shape index (κ1) is 12.3. The van der Waals surface area contributed by atoms with Crippen LogP contribution < -0.4 is 11.1 Å². The predicted molar refractivity (Wildman–Crippen MR) is 60.5 cm³/mol. The smallest absolute Gasteiger partial charge is 0.305 e. The van der Waals surface area contributed by atoms with E-state index in [-0.39, 0.29) is 18.9 Å². The summed E-state index contributed by atoms with van der Waals surface area (Å²) in [5.41, 5.74) is 6.20. The number of nitrogens with one attached hydrogen (secondary N) is 1. The number of carbonyl (C=O) groups is 2. The molecule has 0 fully saturated rings. The molecule has 0 unspecified atom stereocenters. The number of anilines is 1. The minimum absolute atomic E-state index is 0.0801. The van der Waals surface area contributed by atoms with E-state index in [4.69, 9.17) is 22.4 Å². The summed E-state index contributed by atoms with van der Waals surface area (Å²) in [7, 11) is 0.